The lowest BCUT2D eigenvalue weighted by Crippen LogP contribution is -2.48. The molecule has 26 heavy (non-hydrogen) atoms. The monoisotopic (exact) mass is 380 g/mol. The first-order valence-corrected chi connectivity index (χ1v) is 11.1. The van der Waals surface area contributed by atoms with Gasteiger partial charge in [0.05, 0.1) is 18.4 Å². The van der Waals surface area contributed by atoms with Crippen molar-refractivity contribution in [1.29, 1.82) is 0 Å². The average molecular weight is 381 g/mol. The average Bonchev–Trinajstić information content (AvgIpc) is 3.25. The van der Waals surface area contributed by atoms with Crippen molar-refractivity contribution in [3.8, 4) is 0 Å². The molecule has 0 aromatic carbocycles. The number of piperidine rings is 1. The minimum Gasteiger partial charge on any atom is -0.376 e. The van der Waals surface area contributed by atoms with Crippen molar-refractivity contribution in [2.75, 3.05) is 12.4 Å². The Balaban J connectivity index is 1.65. The normalized spacial score (nSPS) is 26.4. The van der Waals surface area contributed by atoms with Crippen molar-refractivity contribution in [3.05, 3.63) is 5.82 Å². The molecule has 146 valence electrons. The summed E-state index contributed by atoms with van der Waals surface area (Å²) in [5, 5.41) is 9.62. The number of carbonyl (C=O) groups is 1. The molecule has 2 fully saturated rings. The number of hydrogen-bond acceptors (Lipinski definition) is 5. The van der Waals surface area contributed by atoms with E-state index < -0.39 is 0 Å². The van der Waals surface area contributed by atoms with Crippen molar-refractivity contribution in [3.63, 3.8) is 0 Å². The van der Waals surface area contributed by atoms with Crippen LogP contribution in [0.25, 0.3) is 0 Å². The van der Waals surface area contributed by atoms with Crippen LogP contribution in [0, 0.1) is 0 Å². The Kier molecular flexibility index (Phi) is 6.98. The van der Waals surface area contributed by atoms with Crippen LogP contribution in [0.5, 0.6) is 0 Å². The van der Waals surface area contributed by atoms with Crippen LogP contribution in [-0.4, -0.2) is 56.1 Å². The van der Waals surface area contributed by atoms with Gasteiger partial charge in [-0.15, -0.1) is 10.2 Å². The highest BCUT2D eigenvalue weighted by molar-refractivity contribution is 7.99. The smallest absolute Gasteiger partial charge is 0.233 e. The van der Waals surface area contributed by atoms with Crippen LogP contribution in [0.4, 0.5) is 0 Å². The summed E-state index contributed by atoms with van der Waals surface area (Å²) in [7, 11) is 0. The first kappa shape index (κ1) is 19.7. The molecule has 0 spiro atoms. The molecule has 3 atom stereocenters. The molecule has 2 saturated heterocycles. The summed E-state index contributed by atoms with van der Waals surface area (Å²) in [6, 6.07) is 0.680. The van der Waals surface area contributed by atoms with Crippen LogP contribution in [0.15, 0.2) is 5.16 Å². The number of amides is 1. The van der Waals surface area contributed by atoms with Gasteiger partial charge in [0.25, 0.3) is 0 Å². The van der Waals surface area contributed by atoms with E-state index in [1.54, 1.807) is 0 Å². The Bertz CT molecular complexity index is 590. The highest BCUT2D eigenvalue weighted by atomic mass is 32.2. The predicted molar refractivity (Wildman–Crippen MR) is 103 cm³/mol. The van der Waals surface area contributed by atoms with Crippen molar-refractivity contribution in [2.24, 2.45) is 0 Å². The summed E-state index contributed by atoms with van der Waals surface area (Å²) in [6.45, 7) is 8.13. The number of likely N-dealkylation sites (tertiary alicyclic amines) is 1. The van der Waals surface area contributed by atoms with Gasteiger partial charge in [0.15, 0.2) is 5.16 Å². The minimum absolute atomic E-state index is 0.221. The van der Waals surface area contributed by atoms with Crippen LogP contribution < -0.4 is 0 Å². The third-order valence-corrected chi connectivity index (χ3v) is 6.44. The molecule has 0 unspecified atom stereocenters. The maximum Gasteiger partial charge on any atom is 0.233 e. The van der Waals surface area contributed by atoms with Gasteiger partial charge in [0.2, 0.25) is 5.91 Å². The summed E-state index contributed by atoms with van der Waals surface area (Å²) in [6.07, 6.45) is 7.85. The number of aromatic nitrogens is 3. The molecule has 6 nitrogen and oxygen atoms in total. The molecule has 2 aliphatic rings. The number of carbonyl (C=O) groups excluding carboxylic acids is 1. The Morgan fingerprint density at radius 3 is 2.62 bits per heavy atom. The fraction of sp³-hybridized carbons (Fsp3) is 0.842. The molecular formula is C19H32N4O2S. The molecule has 1 aromatic rings. The number of nitrogens with zero attached hydrogens (tertiary/aromatic N) is 4. The van der Waals surface area contributed by atoms with Gasteiger partial charge in [0.1, 0.15) is 5.82 Å². The van der Waals surface area contributed by atoms with Gasteiger partial charge in [-0.05, 0) is 52.4 Å². The summed E-state index contributed by atoms with van der Waals surface area (Å²) < 4.78 is 7.98. The Hall–Kier alpha value is -1.08. The minimum atomic E-state index is 0.221. The molecule has 0 bridgehead atoms. The standard InChI is InChI=1S/C19H32N4O2S/c1-4-7-17-20-21-19(22(17)12-16-10-6-11-25-16)26-13-18(24)23-14(2)8-5-9-15(23)3/h14-16H,4-13H2,1-3H3/t14-,15-,16-/m0/s1. The molecule has 1 amide bonds. The highest BCUT2D eigenvalue weighted by Gasteiger charge is 2.29. The number of thioether (sulfide) groups is 1. The first-order valence-electron chi connectivity index (χ1n) is 10.1. The molecule has 3 heterocycles. The van der Waals surface area contributed by atoms with E-state index in [-0.39, 0.29) is 12.0 Å². The lowest BCUT2D eigenvalue weighted by molar-refractivity contribution is -0.134. The van der Waals surface area contributed by atoms with Crippen LogP contribution in [0.1, 0.15) is 65.1 Å². The van der Waals surface area contributed by atoms with Gasteiger partial charge in [-0.3, -0.25) is 4.79 Å². The zero-order chi connectivity index (χ0) is 18.5. The lowest BCUT2D eigenvalue weighted by atomic mass is 9.98. The van der Waals surface area contributed by atoms with Gasteiger partial charge in [-0.2, -0.15) is 0 Å². The molecule has 0 radical (unpaired) electrons. The molecule has 0 saturated carbocycles. The molecule has 1 aromatic heterocycles. The van der Waals surface area contributed by atoms with E-state index >= 15 is 0 Å². The van der Waals surface area contributed by atoms with E-state index in [9.17, 15) is 4.79 Å². The number of hydrogen-bond donors (Lipinski definition) is 0. The van der Waals surface area contributed by atoms with Crippen LogP contribution in [-0.2, 0) is 22.5 Å². The topological polar surface area (TPSA) is 60.2 Å². The van der Waals surface area contributed by atoms with Crippen LogP contribution in [0.2, 0.25) is 0 Å². The molecule has 7 heteroatoms. The van der Waals surface area contributed by atoms with Gasteiger partial charge in [-0.25, -0.2) is 0 Å². The number of rotatable bonds is 7. The Labute approximate surface area is 161 Å². The van der Waals surface area contributed by atoms with Gasteiger partial charge < -0.3 is 14.2 Å². The van der Waals surface area contributed by atoms with Gasteiger partial charge >= 0.3 is 0 Å². The van der Waals surface area contributed by atoms with Crippen LogP contribution in [0.3, 0.4) is 0 Å². The van der Waals surface area contributed by atoms with E-state index in [1.807, 2.05) is 0 Å². The Morgan fingerprint density at radius 2 is 1.96 bits per heavy atom. The second kappa shape index (κ2) is 9.22. The molecular weight excluding hydrogens is 348 g/mol. The predicted octanol–water partition coefficient (Wildman–Crippen LogP) is 3.29. The van der Waals surface area contributed by atoms with Crippen molar-refractivity contribution in [2.45, 2.75) is 95.6 Å². The SMILES string of the molecule is CCCc1nnc(SCC(=O)N2[C@@H](C)CCC[C@@H]2C)n1C[C@@H]1CCCO1. The van der Waals surface area contributed by atoms with Gasteiger partial charge in [0, 0.05) is 25.1 Å². The van der Waals surface area contributed by atoms with E-state index in [2.05, 4.69) is 40.4 Å². The number of ether oxygens (including phenoxy) is 1. The summed E-state index contributed by atoms with van der Waals surface area (Å²) in [5.74, 6) is 1.67. The highest BCUT2D eigenvalue weighted by Crippen LogP contribution is 2.26. The largest absolute Gasteiger partial charge is 0.376 e. The first-order chi connectivity index (χ1) is 12.6. The quantitative estimate of drug-likeness (QED) is 0.679. The van der Waals surface area contributed by atoms with E-state index in [4.69, 9.17) is 4.74 Å². The second-order valence-electron chi connectivity index (χ2n) is 7.61. The lowest BCUT2D eigenvalue weighted by Gasteiger charge is -2.39. The molecule has 0 N–H and O–H groups in total. The molecule has 3 rings (SSSR count). The van der Waals surface area contributed by atoms with Crippen molar-refractivity contribution < 1.29 is 9.53 Å². The summed E-state index contributed by atoms with van der Waals surface area (Å²) in [5.41, 5.74) is 0. The summed E-state index contributed by atoms with van der Waals surface area (Å²) >= 11 is 1.53. The second-order valence-corrected chi connectivity index (χ2v) is 8.56. The van der Waals surface area contributed by atoms with Crippen LogP contribution >= 0.6 is 11.8 Å². The fourth-order valence-corrected chi connectivity index (χ4v) is 4.96. The van der Waals surface area contributed by atoms with E-state index in [0.717, 1.165) is 62.7 Å². The maximum absolute atomic E-state index is 12.8. The maximum atomic E-state index is 12.8. The third-order valence-electron chi connectivity index (χ3n) is 5.48. The van der Waals surface area contributed by atoms with Gasteiger partial charge in [-0.1, -0.05) is 18.7 Å². The molecule has 0 aliphatic carbocycles. The third kappa shape index (κ3) is 4.60. The number of aryl methyl sites for hydroxylation is 1. The van der Waals surface area contributed by atoms with E-state index in [1.165, 1.54) is 18.2 Å². The Morgan fingerprint density at radius 1 is 1.19 bits per heavy atom. The summed E-state index contributed by atoms with van der Waals surface area (Å²) in [4.78, 5) is 14.9. The van der Waals surface area contributed by atoms with Crippen molar-refractivity contribution in [1.82, 2.24) is 19.7 Å². The molecule has 2 aliphatic heterocycles. The van der Waals surface area contributed by atoms with Crippen molar-refractivity contribution >= 4 is 17.7 Å². The fourth-order valence-electron chi connectivity index (χ4n) is 4.12. The zero-order valence-corrected chi connectivity index (χ0v) is 17.1. The van der Waals surface area contributed by atoms with E-state index in [0.29, 0.717) is 17.8 Å². The zero-order valence-electron chi connectivity index (χ0n) is 16.3.